The second-order valence-corrected chi connectivity index (χ2v) is 8.84. The third-order valence-corrected chi connectivity index (χ3v) is 6.98. The van der Waals surface area contributed by atoms with Gasteiger partial charge in [-0.05, 0) is 25.5 Å². The van der Waals surface area contributed by atoms with Crippen molar-refractivity contribution >= 4 is 10.0 Å². The zero-order chi connectivity index (χ0) is 15.4. The molecule has 0 amide bonds. The third kappa shape index (κ3) is 2.14. The van der Waals surface area contributed by atoms with Gasteiger partial charge >= 0.3 is 0 Å². The van der Waals surface area contributed by atoms with Gasteiger partial charge in [0, 0.05) is 31.0 Å². The van der Waals surface area contributed by atoms with Crippen molar-refractivity contribution in [3.05, 3.63) is 29.8 Å². The largest absolute Gasteiger partial charge is 0.377 e. The number of ether oxygens (including phenoxy) is 1. The zero-order valence-corrected chi connectivity index (χ0v) is 13.9. The van der Waals surface area contributed by atoms with Crippen molar-refractivity contribution in [3.63, 3.8) is 0 Å². The molecule has 2 fully saturated rings. The van der Waals surface area contributed by atoms with Crippen LogP contribution in [0.2, 0.25) is 0 Å². The van der Waals surface area contributed by atoms with Crippen molar-refractivity contribution in [3.8, 4) is 0 Å². The molecule has 3 unspecified atom stereocenters. The van der Waals surface area contributed by atoms with Crippen LogP contribution in [-0.4, -0.2) is 38.5 Å². The molecule has 0 aromatic heterocycles. The number of benzene rings is 1. The van der Waals surface area contributed by atoms with Gasteiger partial charge in [0.15, 0.2) is 0 Å². The number of hydrogen-bond acceptors (Lipinski definition) is 3. The summed E-state index contributed by atoms with van der Waals surface area (Å²) in [5.41, 5.74) is 0.929. The Hall–Kier alpha value is -0.910. The van der Waals surface area contributed by atoms with Crippen molar-refractivity contribution in [1.82, 2.24) is 4.31 Å². The molecule has 3 rings (SSSR count). The first-order valence-corrected chi connectivity index (χ1v) is 8.86. The van der Waals surface area contributed by atoms with Gasteiger partial charge in [-0.2, -0.15) is 4.31 Å². The lowest BCUT2D eigenvalue weighted by molar-refractivity contribution is -0.131. The lowest BCUT2D eigenvalue weighted by atomic mass is 9.57. The van der Waals surface area contributed by atoms with E-state index in [1.54, 1.807) is 23.5 Å². The van der Waals surface area contributed by atoms with Crippen LogP contribution < -0.4 is 0 Å². The van der Waals surface area contributed by atoms with E-state index in [4.69, 9.17) is 4.74 Å². The van der Waals surface area contributed by atoms with E-state index in [1.807, 2.05) is 19.1 Å². The topological polar surface area (TPSA) is 46.6 Å². The van der Waals surface area contributed by atoms with Gasteiger partial charge in [-0.1, -0.05) is 31.5 Å². The van der Waals surface area contributed by atoms with Crippen LogP contribution in [0.3, 0.4) is 0 Å². The summed E-state index contributed by atoms with van der Waals surface area (Å²) < 4.78 is 33.0. The average molecular weight is 309 g/mol. The summed E-state index contributed by atoms with van der Waals surface area (Å²) in [4.78, 5) is 0.369. The predicted octanol–water partition coefficient (Wildman–Crippen LogP) is 2.43. The maximum Gasteiger partial charge on any atom is 0.243 e. The predicted molar refractivity (Wildman–Crippen MR) is 81.5 cm³/mol. The van der Waals surface area contributed by atoms with E-state index in [1.165, 1.54) is 0 Å². The lowest BCUT2D eigenvalue weighted by Crippen LogP contribution is -2.66. The molecule has 5 heteroatoms. The summed E-state index contributed by atoms with van der Waals surface area (Å²) in [5, 5.41) is 0. The van der Waals surface area contributed by atoms with Gasteiger partial charge in [-0.15, -0.1) is 0 Å². The minimum absolute atomic E-state index is 0.0105. The van der Waals surface area contributed by atoms with Crippen LogP contribution in [0.4, 0.5) is 0 Å². The number of fused-ring (bicyclic) bond motifs is 1. The molecule has 1 aliphatic carbocycles. The first-order chi connectivity index (χ1) is 9.76. The molecule has 1 aromatic carbocycles. The molecule has 0 spiro atoms. The summed E-state index contributed by atoms with van der Waals surface area (Å²) in [5.74, 6) is 0.324. The van der Waals surface area contributed by atoms with E-state index in [0.29, 0.717) is 10.8 Å². The Morgan fingerprint density at radius 3 is 2.48 bits per heavy atom. The van der Waals surface area contributed by atoms with E-state index in [-0.39, 0.29) is 17.6 Å². The van der Waals surface area contributed by atoms with Crippen LogP contribution in [0, 0.1) is 18.3 Å². The molecule has 0 bridgehead atoms. The van der Waals surface area contributed by atoms with Gasteiger partial charge in [0.25, 0.3) is 0 Å². The Bertz CT molecular complexity index is 636. The zero-order valence-electron chi connectivity index (χ0n) is 13.0. The van der Waals surface area contributed by atoms with Crippen LogP contribution >= 0.6 is 0 Å². The van der Waals surface area contributed by atoms with E-state index < -0.39 is 10.0 Å². The number of aryl methyl sites for hydroxylation is 1. The van der Waals surface area contributed by atoms with Gasteiger partial charge in [-0.25, -0.2) is 8.42 Å². The maximum atomic E-state index is 12.8. The number of sulfonamides is 1. The molecule has 1 saturated heterocycles. The number of rotatable bonds is 3. The molecular formula is C16H23NO3S. The van der Waals surface area contributed by atoms with Crippen molar-refractivity contribution in [2.24, 2.45) is 11.3 Å². The smallest absolute Gasteiger partial charge is 0.243 e. The highest BCUT2D eigenvalue weighted by Crippen LogP contribution is 2.55. The monoisotopic (exact) mass is 309 g/mol. The fraction of sp³-hybridized carbons (Fsp3) is 0.625. The highest BCUT2D eigenvalue weighted by Gasteiger charge is 2.62. The van der Waals surface area contributed by atoms with E-state index in [9.17, 15) is 8.42 Å². The minimum atomic E-state index is -3.45. The maximum absolute atomic E-state index is 12.8. The van der Waals surface area contributed by atoms with Crippen molar-refractivity contribution < 1.29 is 13.2 Å². The van der Waals surface area contributed by atoms with E-state index in [2.05, 4.69) is 13.8 Å². The first kappa shape index (κ1) is 15.0. The normalized spacial score (nSPS) is 31.0. The lowest BCUT2D eigenvalue weighted by Gasteiger charge is -2.57. The molecule has 21 heavy (non-hydrogen) atoms. The summed E-state index contributed by atoms with van der Waals surface area (Å²) in [6, 6.07) is 7.07. The third-order valence-electron chi connectivity index (χ3n) is 5.13. The summed E-state index contributed by atoms with van der Waals surface area (Å²) in [6.07, 6.45) is 1.14. The van der Waals surface area contributed by atoms with Gasteiger partial charge in [-0.3, -0.25) is 0 Å². The molecule has 1 aromatic rings. The van der Waals surface area contributed by atoms with Gasteiger partial charge < -0.3 is 4.74 Å². The molecule has 4 nitrogen and oxygen atoms in total. The Labute approximate surface area is 127 Å². The molecule has 0 N–H and O–H groups in total. The Balaban J connectivity index is 1.91. The Morgan fingerprint density at radius 1 is 1.24 bits per heavy atom. The van der Waals surface area contributed by atoms with Crippen LogP contribution in [0.15, 0.2) is 29.2 Å². The van der Waals surface area contributed by atoms with Crippen LogP contribution in [-0.2, 0) is 14.8 Å². The standard InChI is InChI=1S/C16H23NO3S/c1-11-5-7-12(8-6-11)21(18,19)17(4)14-13-9-10-20-15(13)16(14,2)3/h5-8,13-15H,9-10H2,1-4H3. The molecule has 1 heterocycles. The fourth-order valence-electron chi connectivity index (χ4n) is 4.06. The van der Waals surface area contributed by atoms with Gasteiger partial charge in [0.05, 0.1) is 11.0 Å². The summed E-state index contributed by atoms with van der Waals surface area (Å²) in [6.45, 7) is 6.90. The van der Waals surface area contributed by atoms with Gasteiger partial charge in [0.1, 0.15) is 0 Å². The van der Waals surface area contributed by atoms with E-state index >= 15 is 0 Å². The number of hydrogen-bond donors (Lipinski definition) is 0. The first-order valence-electron chi connectivity index (χ1n) is 7.42. The fourth-order valence-corrected chi connectivity index (χ4v) is 5.60. The SMILES string of the molecule is Cc1ccc(S(=O)(=O)N(C)C2C3CCOC3C2(C)C)cc1. The minimum Gasteiger partial charge on any atom is -0.377 e. The summed E-state index contributed by atoms with van der Waals surface area (Å²) in [7, 11) is -1.74. The molecule has 3 atom stereocenters. The van der Waals surface area contributed by atoms with E-state index in [0.717, 1.165) is 18.6 Å². The molecule has 116 valence electrons. The molecule has 1 saturated carbocycles. The van der Waals surface area contributed by atoms with Crippen LogP contribution in [0.5, 0.6) is 0 Å². The molecular weight excluding hydrogens is 286 g/mol. The average Bonchev–Trinajstić information content (AvgIpc) is 2.85. The molecule has 1 aliphatic heterocycles. The quantitative estimate of drug-likeness (QED) is 0.861. The van der Waals surface area contributed by atoms with Gasteiger partial charge in [0.2, 0.25) is 10.0 Å². The molecule has 0 radical (unpaired) electrons. The van der Waals surface area contributed by atoms with Crippen molar-refractivity contribution in [2.45, 2.75) is 44.2 Å². The highest BCUT2D eigenvalue weighted by atomic mass is 32.2. The Kier molecular flexibility index (Phi) is 3.43. The number of nitrogens with zero attached hydrogens (tertiary/aromatic N) is 1. The van der Waals surface area contributed by atoms with Crippen LogP contribution in [0.1, 0.15) is 25.8 Å². The van der Waals surface area contributed by atoms with Crippen LogP contribution in [0.25, 0.3) is 0 Å². The van der Waals surface area contributed by atoms with Crippen molar-refractivity contribution in [2.75, 3.05) is 13.7 Å². The molecule has 2 aliphatic rings. The summed E-state index contributed by atoms with van der Waals surface area (Å²) >= 11 is 0. The second kappa shape index (κ2) is 4.80. The Morgan fingerprint density at radius 2 is 1.86 bits per heavy atom. The highest BCUT2D eigenvalue weighted by molar-refractivity contribution is 7.89. The van der Waals surface area contributed by atoms with Crippen molar-refractivity contribution in [1.29, 1.82) is 0 Å². The second-order valence-electron chi connectivity index (χ2n) is 6.84.